The van der Waals surface area contributed by atoms with Crippen molar-refractivity contribution in [1.29, 1.82) is 0 Å². The third-order valence-corrected chi connectivity index (χ3v) is 2.68. The van der Waals surface area contributed by atoms with Crippen LogP contribution in [0.2, 0.25) is 0 Å². The van der Waals surface area contributed by atoms with E-state index in [1.54, 1.807) is 12.4 Å². The Morgan fingerprint density at radius 1 is 1.06 bits per heavy atom. The van der Waals surface area contributed by atoms with Gasteiger partial charge in [0.1, 0.15) is 0 Å². The molecule has 88 valence electrons. The Kier molecular flexibility index (Phi) is 3.46. The van der Waals surface area contributed by atoms with E-state index in [1.165, 1.54) is 11.1 Å². The van der Waals surface area contributed by atoms with E-state index in [9.17, 15) is 0 Å². The monoisotopic (exact) mass is 228 g/mol. The molecule has 2 aromatic rings. The van der Waals surface area contributed by atoms with Crippen LogP contribution >= 0.6 is 0 Å². The third kappa shape index (κ3) is 2.67. The number of benzene rings is 1. The van der Waals surface area contributed by atoms with Crippen LogP contribution in [0.4, 0.5) is 0 Å². The third-order valence-electron chi connectivity index (χ3n) is 2.68. The second-order valence-corrected chi connectivity index (χ2v) is 4.20. The van der Waals surface area contributed by atoms with Gasteiger partial charge >= 0.3 is 0 Å². The van der Waals surface area contributed by atoms with Gasteiger partial charge in [0.15, 0.2) is 0 Å². The molecule has 2 rings (SSSR count). The minimum Gasteiger partial charge on any atom is -0.271 e. The van der Waals surface area contributed by atoms with Crippen molar-refractivity contribution in [3.63, 3.8) is 0 Å². The molecule has 17 heavy (non-hydrogen) atoms. The van der Waals surface area contributed by atoms with Crippen LogP contribution in [0.5, 0.6) is 0 Å². The summed E-state index contributed by atoms with van der Waals surface area (Å²) in [6, 6.07) is 8.25. The molecule has 4 heteroatoms. The number of hydrazine groups is 1. The molecular formula is C13H16N4. The molecule has 4 nitrogen and oxygen atoms in total. The van der Waals surface area contributed by atoms with Crippen LogP contribution < -0.4 is 11.3 Å². The number of nitrogens with two attached hydrogens (primary N) is 1. The van der Waals surface area contributed by atoms with Gasteiger partial charge in [-0.2, -0.15) is 10.2 Å². The summed E-state index contributed by atoms with van der Waals surface area (Å²) in [6.45, 7) is 4.16. The summed E-state index contributed by atoms with van der Waals surface area (Å²) in [5.41, 5.74) is 7.41. The largest absolute Gasteiger partial charge is 0.271 e. The Hall–Kier alpha value is -1.78. The average Bonchev–Trinajstić information content (AvgIpc) is 2.30. The van der Waals surface area contributed by atoms with Crippen molar-refractivity contribution in [2.75, 3.05) is 0 Å². The van der Waals surface area contributed by atoms with Gasteiger partial charge in [-0.25, -0.2) is 5.43 Å². The first kappa shape index (κ1) is 11.7. The van der Waals surface area contributed by atoms with E-state index in [4.69, 9.17) is 5.84 Å². The molecule has 1 aromatic carbocycles. The van der Waals surface area contributed by atoms with Gasteiger partial charge in [-0.15, -0.1) is 0 Å². The molecule has 0 fully saturated rings. The summed E-state index contributed by atoms with van der Waals surface area (Å²) in [6.07, 6.45) is 3.39. The Morgan fingerprint density at radius 2 is 1.76 bits per heavy atom. The van der Waals surface area contributed by atoms with Crippen LogP contribution in [0.25, 0.3) is 0 Å². The summed E-state index contributed by atoms with van der Waals surface area (Å²) < 4.78 is 0. The molecule has 0 aliphatic rings. The molecule has 0 aliphatic carbocycles. The standard InChI is InChI=1S/C13H16N4/c1-9-5-10(2)7-12(6-9)13(17-14)11-3-4-15-16-8-11/h3-8,13,17H,14H2,1-2H3. The van der Waals surface area contributed by atoms with Gasteiger partial charge in [0.05, 0.1) is 12.2 Å². The molecule has 3 N–H and O–H groups in total. The summed E-state index contributed by atoms with van der Waals surface area (Å²) in [4.78, 5) is 0. The smallest absolute Gasteiger partial charge is 0.0726 e. The van der Waals surface area contributed by atoms with E-state index in [0.717, 1.165) is 11.1 Å². The minimum atomic E-state index is -0.0518. The average molecular weight is 228 g/mol. The maximum atomic E-state index is 5.64. The van der Waals surface area contributed by atoms with Crippen molar-refractivity contribution in [3.8, 4) is 0 Å². The Bertz CT molecular complexity index is 476. The van der Waals surface area contributed by atoms with Crippen molar-refractivity contribution >= 4 is 0 Å². The SMILES string of the molecule is Cc1cc(C)cc(C(NN)c2ccnnc2)c1. The van der Waals surface area contributed by atoms with Gasteiger partial charge in [-0.1, -0.05) is 29.3 Å². The molecule has 0 saturated heterocycles. The van der Waals surface area contributed by atoms with Crippen molar-refractivity contribution < 1.29 is 0 Å². The second-order valence-electron chi connectivity index (χ2n) is 4.20. The lowest BCUT2D eigenvalue weighted by Crippen LogP contribution is -2.29. The van der Waals surface area contributed by atoms with Crippen LogP contribution in [-0.2, 0) is 0 Å². The summed E-state index contributed by atoms with van der Waals surface area (Å²) >= 11 is 0. The van der Waals surface area contributed by atoms with Crippen LogP contribution in [-0.4, -0.2) is 10.2 Å². The van der Waals surface area contributed by atoms with Crippen LogP contribution in [0.15, 0.2) is 36.7 Å². The van der Waals surface area contributed by atoms with E-state index in [1.807, 2.05) is 6.07 Å². The van der Waals surface area contributed by atoms with Gasteiger partial charge < -0.3 is 0 Å². The van der Waals surface area contributed by atoms with Crippen molar-refractivity contribution in [2.45, 2.75) is 19.9 Å². The maximum absolute atomic E-state index is 5.64. The van der Waals surface area contributed by atoms with E-state index in [2.05, 4.69) is 47.7 Å². The van der Waals surface area contributed by atoms with Crippen molar-refractivity contribution in [1.82, 2.24) is 15.6 Å². The summed E-state index contributed by atoms with van der Waals surface area (Å²) in [5.74, 6) is 5.64. The molecule has 0 amide bonds. The highest BCUT2D eigenvalue weighted by Crippen LogP contribution is 2.22. The minimum absolute atomic E-state index is 0.0518. The van der Waals surface area contributed by atoms with Crippen molar-refractivity contribution in [2.24, 2.45) is 5.84 Å². The molecule has 1 aromatic heterocycles. The molecular weight excluding hydrogens is 212 g/mol. The summed E-state index contributed by atoms with van der Waals surface area (Å²) in [5, 5.41) is 7.65. The van der Waals surface area contributed by atoms with Gasteiger partial charge in [0.25, 0.3) is 0 Å². The predicted octanol–water partition coefficient (Wildman–Crippen LogP) is 1.65. The molecule has 0 spiro atoms. The van der Waals surface area contributed by atoms with E-state index < -0.39 is 0 Å². The first-order valence-corrected chi connectivity index (χ1v) is 5.51. The number of hydrogen-bond donors (Lipinski definition) is 2. The highest BCUT2D eigenvalue weighted by molar-refractivity contribution is 5.35. The zero-order valence-corrected chi connectivity index (χ0v) is 10.0. The van der Waals surface area contributed by atoms with Crippen LogP contribution in [0.3, 0.4) is 0 Å². The fourth-order valence-corrected chi connectivity index (χ4v) is 2.03. The van der Waals surface area contributed by atoms with Gasteiger partial charge in [-0.3, -0.25) is 5.84 Å². The van der Waals surface area contributed by atoms with Gasteiger partial charge in [0, 0.05) is 6.20 Å². The maximum Gasteiger partial charge on any atom is 0.0726 e. The Balaban J connectivity index is 2.42. The molecule has 1 atom stereocenters. The number of rotatable bonds is 3. The summed E-state index contributed by atoms with van der Waals surface area (Å²) in [7, 11) is 0. The first-order valence-electron chi connectivity index (χ1n) is 5.51. The van der Waals surface area contributed by atoms with E-state index in [-0.39, 0.29) is 6.04 Å². The normalized spacial score (nSPS) is 12.4. The highest BCUT2D eigenvalue weighted by atomic mass is 15.2. The first-order chi connectivity index (χ1) is 8.20. The van der Waals surface area contributed by atoms with Crippen LogP contribution in [0, 0.1) is 13.8 Å². The number of aryl methyl sites for hydroxylation is 2. The lowest BCUT2D eigenvalue weighted by atomic mass is 9.97. The van der Waals surface area contributed by atoms with Gasteiger partial charge in [-0.05, 0) is 31.0 Å². The number of nitrogens with one attached hydrogen (secondary N) is 1. The molecule has 1 unspecified atom stereocenters. The second kappa shape index (κ2) is 5.03. The fourth-order valence-electron chi connectivity index (χ4n) is 2.03. The zero-order valence-electron chi connectivity index (χ0n) is 10.0. The quantitative estimate of drug-likeness (QED) is 0.619. The molecule has 1 heterocycles. The lowest BCUT2D eigenvalue weighted by molar-refractivity contribution is 0.631. The fraction of sp³-hybridized carbons (Fsp3) is 0.231. The molecule has 0 bridgehead atoms. The predicted molar refractivity (Wildman–Crippen MR) is 67.1 cm³/mol. The lowest BCUT2D eigenvalue weighted by Gasteiger charge is -2.17. The Labute approximate surface area is 101 Å². The Morgan fingerprint density at radius 3 is 2.29 bits per heavy atom. The topological polar surface area (TPSA) is 63.8 Å². The van der Waals surface area contributed by atoms with E-state index in [0.29, 0.717) is 0 Å². The highest BCUT2D eigenvalue weighted by Gasteiger charge is 2.13. The molecule has 0 saturated carbocycles. The van der Waals surface area contributed by atoms with Gasteiger partial charge in [0.2, 0.25) is 0 Å². The molecule has 0 aliphatic heterocycles. The number of hydrogen-bond acceptors (Lipinski definition) is 4. The van der Waals surface area contributed by atoms with Crippen molar-refractivity contribution in [3.05, 3.63) is 58.9 Å². The van der Waals surface area contributed by atoms with E-state index >= 15 is 0 Å². The molecule has 0 radical (unpaired) electrons. The zero-order chi connectivity index (χ0) is 12.3. The van der Waals surface area contributed by atoms with Crippen LogP contribution in [0.1, 0.15) is 28.3 Å². The number of aromatic nitrogens is 2. The number of nitrogens with zero attached hydrogens (tertiary/aromatic N) is 2.